The van der Waals surface area contributed by atoms with Crippen molar-refractivity contribution in [3.63, 3.8) is 0 Å². The molecule has 0 amide bonds. The molecule has 3 nitrogen and oxygen atoms in total. The number of hydrogen-bond donors (Lipinski definition) is 0. The van der Waals surface area contributed by atoms with Crippen LogP contribution in [-0.2, 0) is 36.0 Å². The molecule has 1 aromatic rings. The fourth-order valence-electron chi connectivity index (χ4n) is 2.41. The summed E-state index contributed by atoms with van der Waals surface area (Å²) in [5.74, 6) is 0. The Kier molecular flexibility index (Phi) is 14.1. The molecule has 0 aromatic heterocycles. The van der Waals surface area contributed by atoms with Gasteiger partial charge in [-0.1, -0.05) is 82.9 Å². The summed E-state index contributed by atoms with van der Waals surface area (Å²) in [6, 6.07) is 8.33. The molecule has 1 aromatic carbocycles. The molecule has 0 saturated heterocycles. The molecule has 0 aliphatic rings. The molecule has 0 spiro atoms. The zero-order valence-electron chi connectivity index (χ0n) is 14.3. The van der Waals surface area contributed by atoms with Crippen molar-refractivity contribution in [2.45, 2.75) is 76.0 Å². The first-order valence-corrected chi connectivity index (χ1v) is 10.0. The van der Waals surface area contributed by atoms with Gasteiger partial charge in [0.05, 0.1) is 11.5 Å². The van der Waals surface area contributed by atoms with Crippen molar-refractivity contribution >= 4 is 10.1 Å². The van der Waals surface area contributed by atoms with Gasteiger partial charge < -0.3 is 0 Å². The third-order valence-electron chi connectivity index (χ3n) is 3.77. The largest absolute Gasteiger partial charge is 0.296 e. The van der Waals surface area contributed by atoms with Gasteiger partial charge in [-0.3, -0.25) is 4.18 Å². The molecule has 0 radical (unpaired) electrons. The van der Waals surface area contributed by atoms with Gasteiger partial charge in [0.25, 0.3) is 10.1 Å². The van der Waals surface area contributed by atoms with Gasteiger partial charge in [0.1, 0.15) is 0 Å². The molecule has 0 aliphatic carbocycles. The van der Waals surface area contributed by atoms with Crippen molar-refractivity contribution in [2.24, 2.45) is 0 Å². The van der Waals surface area contributed by atoms with Gasteiger partial charge in [0.2, 0.25) is 0 Å². The number of rotatable bonds is 13. The third-order valence-corrected chi connectivity index (χ3v) is 5.09. The summed E-state index contributed by atoms with van der Waals surface area (Å²) in [5, 5.41) is 0. The van der Waals surface area contributed by atoms with E-state index in [0.717, 1.165) is 12.8 Å². The van der Waals surface area contributed by atoms with Gasteiger partial charge >= 0.3 is 0 Å². The smallest absolute Gasteiger partial charge is 0.266 e. The standard InChI is InChI=1S/C18H30O3S.Ti/c1-2-3-4-5-6-7-8-9-10-14-17-21-22(19,20)18-15-12-11-13-16-18;/h11-13,15-16H,2-10,14,17H2,1H3;. The summed E-state index contributed by atoms with van der Waals surface area (Å²) >= 11 is 0. The first kappa shape index (κ1) is 22.8. The maximum Gasteiger partial charge on any atom is 0.296 e. The summed E-state index contributed by atoms with van der Waals surface area (Å²) in [5.41, 5.74) is 0. The Morgan fingerprint density at radius 1 is 0.783 bits per heavy atom. The van der Waals surface area contributed by atoms with E-state index in [9.17, 15) is 8.42 Å². The molecule has 0 saturated carbocycles. The van der Waals surface area contributed by atoms with Gasteiger partial charge in [0.15, 0.2) is 0 Å². The molecule has 1 rings (SSSR count). The predicted octanol–water partition coefficient (Wildman–Crippen LogP) is 5.31. The first-order chi connectivity index (χ1) is 10.7. The van der Waals surface area contributed by atoms with Crippen molar-refractivity contribution < 1.29 is 34.3 Å². The maximum atomic E-state index is 11.9. The van der Waals surface area contributed by atoms with Crippen LogP contribution in [0.3, 0.4) is 0 Å². The summed E-state index contributed by atoms with van der Waals surface area (Å²) < 4.78 is 28.8. The summed E-state index contributed by atoms with van der Waals surface area (Å²) in [4.78, 5) is 0.238. The molecule has 0 fully saturated rings. The van der Waals surface area contributed by atoms with Crippen LogP contribution >= 0.6 is 0 Å². The van der Waals surface area contributed by atoms with Crippen molar-refractivity contribution in [2.75, 3.05) is 6.61 Å². The van der Waals surface area contributed by atoms with Crippen LogP contribution in [0.2, 0.25) is 0 Å². The van der Waals surface area contributed by atoms with Crippen LogP contribution in [0, 0.1) is 0 Å². The SMILES string of the molecule is CCCCCCCCCCCCOS(=O)(=O)c1ccccc1.[Ti]. The molecule has 0 heterocycles. The van der Waals surface area contributed by atoms with Crippen LogP contribution < -0.4 is 0 Å². The molecular weight excluding hydrogens is 344 g/mol. The van der Waals surface area contributed by atoms with Gasteiger partial charge in [-0.2, -0.15) is 8.42 Å². The molecule has 0 bridgehead atoms. The second-order valence-electron chi connectivity index (χ2n) is 5.77. The summed E-state index contributed by atoms with van der Waals surface area (Å²) in [6.07, 6.45) is 12.3. The van der Waals surface area contributed by atoms with E-state index in [1.807, 2.05) is 0 Å². The normalized spacial score (nSPS) is 11.2. The average Bonchev–Trinajstić information content (AvgIpc) is 2.53. The average molecular weight is 374 g/mol. The van der Waals surface area contributed by atoms with Crippen molar-refractivity contribution in [3.05, 3.63) is 30.3 Å². The summed E-state index contributed by atoms with van der Waals surface area (Å²) in [6.45, 7) is 2.52. The number of unbranched alkanes of at least 4 members (excludes halogenated alkanes) is 9. The van der Waals surface area contributed by atoms with Gasteiger partial charge in [0, 0.05) is 21.7 Å². The van der Waals surface area contributed by atoms with Crippen LogP contribution in [0.15, 0.2) is 35.2 Å². The van der Waals surface area contributed by atoms with E-state index in [4.69, 9.17) is 4.18 Å². The van der Waals surface area contributed by atoms with E-state index in [1.54, 1.807) is 30.3 Å². The Balaban J connectivity index is 0.00000484. The molecule has 0 atom stereocenters. The second kappa shape index (κ2) is 14.2. The van der Waals surface area contributed by atoms with Crippen LogP contribution in [-0.4, -0.2) is 15.0 Å². The monoisotopic (exact) mass is 374 g/mol. The van der Waals surface area contributed by atoms with Crippen molar-refractivity contribution in [1.82, 2.24) is 0 Å². The van der Waals surface area contributed by atoms with E-state index in [2.05, 4.69) is 6.92 Å². The Hall–Kier alpha value is -0.156. The fraction of sp³-hybridized carbons (Fsp3) is 0.667. The minimum absolute atomic E-state index is 0. The number of benzene rings is 1. The predicted molar refractivity (Wildman–Crippen MR) is 91.4 cm³/mol. The van der Waals surface area contributed by atoms with E-state index < -0.39 is 10.1 Å². The fourth-order valence-corrected chi connectivity index (χ4v) is 3.38. The topological polar surface area (TPSA) is 43.4 Å². The van der Waals surface area contributed by atoms with Gasteiger partial charge in [-0.15, -0.1) is 0 Å². The Labute approximate surface area is 157 Å². The Morgan fingerprint density at radius 2 is 1.26 bits per heavy atom. The maximum absolute atomic E-state index is 11.9. The molecule has 0 N–H and O–H groups in total. The minimum atomic E-state index is -3.57. The van der Waals surface area contributed by atoms with Gasteiger partial charge in [-0.05, 0) is 18.6 Å². The van der Waals surface area contributed by atoms with Crippen LogP contribution in [0.4, 0.5) is 0 Å². The Bertz CT molecular complexity index is 474. The van der Waals surface area contributed by atoms with Crippen LogP contribution in [0.1, 0.15) is 71.1 Å². The summed E-state index contributed by atoms with van der Waals surface area (Å²) in [7, 11) is -3.57. The van der Waals surface area contributed by atoms with E-state index in [1.165, 1.54) is 51.4 Å². The molecule has 0 aliphatic heterocycles. The first-order valence-electron chi connectivity index (χ1n) is 8.61. The van der Waals surface area contributed by atoms with Crippen LogP contribution in [0.25, 0.3) is 0 Å². The molecule has 5 heteroatoms. The van der Waals surface area contributed by atoms with Crippen molar-refractivity contribution in [1.29, 1.82) is 0 Å². The van der Waals surface area contributed by atoms with Crippen molar-refractivity contribution in [3.8, 4) is 0 Å². The Morgan fingerprint density at radius 3 is 1.78 bits per heavy atom. The molecular formula is C18H30O3STi. The second-order valence-corrected chi connectivity index (χ2v) is 7.39. The zero-order chi connectivity index (χ0) is 16.1. The minimum Gasteiger partial charge on any atom is -0.266 e. The molecule has 130 valence electrons. The molecule has 0 unspecified atom stereocenters. The number of hydrogen-bond acceptors (Lipinski definition) is 3. The third kappa shape index (κ3) is 11.1. The molecule has 23 heavy (non-hydrogen) atoms. The van der Waals surface area contributed by atoms with Crippen LogP contribution in [0.5, 0.6) is 0 Å². The van der Waals surface area contributed by atoms with E-state index in [-0.39, 0.29) is 33.2 Å². The van der Waals surface area contributed by atoms with E-state index in [0.29, 0.717) is 0 Å². The van der Waals surface area contributed by atoms with E-state index >= 15 is 0 Å². The zero-order valence-corrected chi connectivity index (χ0v) is 16.7. The van der Waals surface area contributed by atoms with Gasteiger partial charge in [-0.25, -0.2) is 0 Å². The quantitative estimate of drug-likeness (QED) is 0.267.